The maximum Gasteiger partial charge on any atom is 0.329 e. The minimum Gasteiger partial charge on any atom is -0.493 e. The average Bonchev–Trinajstić information content (AvgIpc) is 3.31. The van der Waals surface area contributed by atoms with Crippen molar-refractivity contribution in [3.05, 3.63) is 76.1 Å². The van der Waals surface area contributed by atoms with Gasteiger partial charge in [0.15, 0.2) is 11.5 Å². The van der Waals surface area contributed by atoms with Crippen LogP contribution in [0.4, 0.5) is 5.69 Å². The Morgan fingerprint density at radius 2 is 1.85 bits per heavy atom. The fourth-order valence-electron chi connectivity index (χ4n) is 10.6. The monoisotopic (exact) mass is 787 g/mol. The first-order valence-electron chi connectivity index (χ1n) is 20.7. The number of aliphatic carboxylic acids is 1. The molecule has 1 aromatic heterocycles. The molecule has 1 spiro atoms. The third-order valence-corrected chi connectivity index (χ3v) is 14.9. The first-order chi connectivity index (χ1) is 26.6. The van der Waals surface area contributed by atoms with Crippen LogP contribution in [0.15, 0.2) is 48.7 Å². The van der Waals surface area contributed by atoms with Crippen LogP contribution in [0.5, 0.6) is 17.2 Å². The number of halogens is 1. The molecule has 2 aliphatic heterocycles. The molecule has 0 amide bonds. The molecule has 2 aromatic carbocycles. The quantitative estimate of drug-likeness (QED) is 0.197. The van der Waals surface area contributed by atoms with Gasteiger partial charge in [-0.2, -0.15) is 11.8 Å². The lowest BCUT2D eigenvalue weighted by atomic mass is 9.59. The number of aryl methyl sites for hydroxylation is 1. The number of nitrogens with zero attached hydrogens (tertiary/aromatic N) is 2. The number of rotatable bonds is 11. The number of benzene rings is 2. The van der Waals surface area contributed by atoms with Gasteiger partial charge in [-0.1, -0.05) is 31.5 Å². The minimum atomic E-state index is -1.07. The zero-order valence-electron chi connectivity index (χ0n) is 32.8. The van der Waals surface area contributed by atoms with Gasteiger partial charge in [0.25, 0.3) is 0 Å². The van der Waals surface area contributed by atoms with Crippen LogP contribution in [0.1, 0.15) is 99.9 Å². The van der Waals surface area contributed by atoms with Crippen molar-refractivity contribution in [2.75, 3.05) is 50.2 Å². The Bertz CT molecular complexity index is 1840. The molecule has 1 unspecified atom stereocenters. The summed E-state index contributed by atoms with van der Waals surface area (Å²) in [4.78, 5) is 20.3. The summed E-state index contributed by atoms with van der Waals surface area (Å²) in [5.74, 6) is 5.74. The largest absolute Gasteiger partial charge is 0.493 e. The summed E-state index contributed by atoms with van der Waals surface area (Å²) in [6, 6.07) is 14.6. The third-order valence-electron chi connectivity index (χ3n) is 13.7. The van der Waals surface area contributed by atoms with Crippen molar-refractivity contribution in [3.63, 3.8) is 0 Å². The van der Waals surface area contributed by atoms with Gasteiger partial charge < -0.3 is 29.5 Å². The van der Waals surface area contributed by atoms with Crippen LogP contribution < -0.4 is 19.5 Å². The molecule has 296 valence electrons. The van der Waals surface area contributed by atoms with Gasteiger partial charge in [-0.15, -0.1) is 0 Å². The number of carboxylic acid groups (broad SMARTS) is 1. The highest BCUT2D eigenvalue weighted by Gasteiger charge is 2.54. The lowest BCUT2D eigenvalue weighted by molar-refractivity contribution is -0.144. The fourth-order valence-corrected chi connectivity index (χ4v) is 11.9. The molecule has 0 bridgehead atoms. The molecule has 8 nitrogen and oxygen atoms in total. The maximum atomic E-state index is 13.1. The van der Waals surface area contributed by atoms with Gasteiger partial charge in [-0.05, 0) is 160 Å². The van der Waals surface area contributed by atoms with Gasteiger partial charge in [0.05, 0.1) is 19.8 Å². The Morgan fingerprint density at radius 3 is 2.60 bits per heavy atom. The van der Waals surface area contributed by atoms with Gasteiger partial charge >= 0.3 is 5.97 Å². The van der Waals surface area contributed by atoms with Crippen LogP contribution in [0.25, 0.3) is 0 Å². The molecule has 2 fully saturated rings. The van der Waals surface area contributed by atoms with E-state index in [1.165, 1.54) is 59.6 Å². The summed E-state index contributed by atoms with van der Waals surface area (Å²) in [5.41, 5.74) is 4.61. The average molecular weight is 788 g/mol. The van der Waals surface area contributed by atoms with E-state index < -0.39 is 11.5 Å². The van der Waals surface area contributed by atoms with Crippen LogP contribution in [-0.2, 0) is 23.1 Å². The maximum absolute atomic E-state index is 13.1. The van der Waals surface area contributed by atoms with Gasteiger partial charge in [-0.3, -0.25) is 4.98 Å². The number of anilines is 1. The van der Waals surface area contributed by atoms with Crippen LogP contribution in [0, 0.1) is 17.8 Å². The minimum absolute atomic E-state index is 0.174. The molecule has 3 heterocycles. The van der Waals surface area contributed by atoms with Gasteiger partial charge in [-0.25, -0.2) is 4.79 Å². The fraction of sp³-hybridized carbons (Fsp3) is 0.600. The zero-order valence-corrected chi connectivity index (χ0v) is 34.4. The lowest BCUT2D eigenvalue weighted by Crippen LogP contribution is -2.53. The number of carboxylic acids is 1. The van der Waals surface area contributed by atoms with Crippen molar-refractivity contribution in [1.29, 1.82) is 0 Å². The molecule has 5 aliphatic rings. The highest BCUT2D eigenvalue weighted by atomic mass is 35.5. The summed E-state index contributed by atoms with van der Waals surface area (Å²) in [7, 11) is 2.26. The van der Waals surface area contributed by atoms with E-state index in [1.54, 1.807) is 0 Å². The summed E-state index contributed by atoms with van der Waals surface area (Å²) < 4.78 is 19.8. The number of thioether (sulfide) groups is 1. The smallest absolute Gasteiger partial charge is 0.329 e. The summed E-state index contributed by atoms with van der Waals surface area (Å²) in [6.45, 7) is 7.48. The van der Waals surface area contributed by atoms with E-state index in [0.717, 1.165) is 61.6 Å². The number of hydrogen-bond donors (Lipinski definition) is 2. The number of aromatic nitrogens is 1. The van der Waals surface area contributed by atoms with Crippen LogP contribution in [-0.4, -0.2) is 77.5 Å². The standard InChI is InChI=1S/C45H58ClN3O5S/c1-29(26-52-39-10-17-47-38-9-4-6-30(2)42(38)39)20-33-21-32-22-40-41(54-28-31(27-53-40)25-49(3)36-11-18-55-19-12-36)24-37(32)44(33)13-15-45(16-14-44,43(50)51)48-35-8-5-7-34(46)23-35/h5,7-8,10,17,22-24,29-31,33,36,48H,4,6,9,11-16,18-21,25-28H2,1-3H3,(H,50,51)/t29-,30-,31?,33+,44?,45?/m1/s1. The van der Waals surface area contributed by atoms with Gasteiger partial charge in [0, 0.05) is 46.7 Å². The Kier molecular flexibility index (Phi) is 11.5. The van der Waals surface area contributed by atoms with E-state index in [-0.39, 0.29) is 5.41 Å². The lowest BCUT2D eigenvalue weighted by Gasteiger charge is -2.47. The Hall–Kier alpha value is -3.14. The van der Waals surface area contributed by atoms with Crippen molar-refractivity contribution in [1.82, 2.24) is 9.88 Å². The van der Waals surface area contributed by atoms with Gasteiger partial charge in [0.1, 0.15) is 11.3 Å². The Labute approximate surface area is 336 Å². The molecule has 1 saturated heterocycles. The van der Waals surface area contributed by atoms with Crippen LogP contribution in [0.3, 0.4) is 0 Å². The second-order valence-electron chi connectivity index (χ2n) is 17.4. The van der Waals surface area contributed by atoms with Crippen molar-refractivity contribution in [2.45, 2.75) is 107 Å². The molecule has 4 atom stereocenters. The number of carbonyl (C=O) groups is 1. The highest BCUT2D eigenvalue weighted by molar-refractivity contribution is 7.99. The number of nitrogens with one attached hydrogen (secondary N) is 1. The molecule has 3 aromatic rings. The number of pyridine rings is 1. The Balaban J connectivity index is 1.03. The number of fused-ring (bicyclic) bond motifs is 4. The summed E-state index contributed by atoms with van der Waals surface area (Å²) in [5, 5.41) is 14.8. The van der Waals surface area contributed by atoms with E-state index >= 15 is 0 Å². The molecular weight excluding hydrogens is 730 g/mol. The first-order valence-corrected chi connectivity index (χ1v) is 22.2. The van der Waals surface area contributed by atoms with E-state index in [1.807, 2.05) is 36.5 Å². The molecule has 10 heteroatoms. The Morgan fingerprint density at radius 1 is 1.09 bits per heavy atom. The van der Waals surface area contributed by atoms with E-state index in [2.05, 4.69) is 55.0 Å². The molecule has 0 radical (unpaired) electrons. The van der Waals surface area contributed by atoms with E-state index in [4.69, 9.17) is 30.8 Å². The van der Waals surface area contributed by atoms with Crippen molar-refractivity contribution in [3.8, 4) is 17.2 Å². The van der Waals surface area contributed by atoms with E-state index in [0.29, 0.717) is 67.4 Å². The molecule has 2 N–H and O–H groups in total. The first kappa shape index (κ1) is 38.7. The van der Waals surface area contributed by atoms with Crippen molar-refractivity contribution >= 4 is 35.0 Å². The predicted octanol–water partition coefficient (Wildman–Crippen LogP) is 9.41. The second-order valence-corrected chi connectivity index (χ2v) is 19.1. The van der Waals surface area contributed by atoms with Crippen LogP contribution >= 0.6 is 23.4 Å². The van der Waals surface area contributed by atoms with E-state index in [9.17, 15) is 9.90 Å². The molecule has 8 rings (SSSR count). The van der Waals surface area contributed by atoms with Crippen molar-refractivity contribution in [2.24, 2.45) is 17.8 Å². The van der Waals surface area contributed by atoms with Gasteiger partial charge in [0.2, 0.25) is 0 Å². The second kappa shape index (κ2) is 16.4. The third kappa shape index (κ3) is 8.04. The molecule has 55 heavy (non-hydrogen) atoms. The summed E-state index contributed by atoms with van der Waals surface area (Å²) in [6.07, 6.45) is 12.3. The van der Waals surface area contributed by atoms with Crippen molar-refractivity contribution < 1.29 is 24.1 Å². The summed E-state index contributed by atoms with van der Waals surface area (Å²) >= 11 is 8.39. The highest BCUT2D eigenvalue weighted by Crippen LogP contribution is 2.58. The molecular formula is C45H58ClN3O5S. The number of ether oxygens (including phenoxy) is 3. The normalized spacial score (nSPS) is 28.3. The number of hydrogen-bond acceptors (Lipinski definition) is 8. The molecule has 1 saturated carbocycles. The predicted molar refractivity (Wildman–Crippen MR) is 222 cm³/mol. The molecule has 3 aliphatic carbocycles. The van der Waals surface area contributed by atoms with Crippen LogP contribution in [0.2, 0.25) is 5.02 Å². The zero-order chi connectivity index (χ0) is 38.2. The topological polar surface area (TPSA) is 93.2 Å². The SMILES string of the molecule is C[C@@H](COc1ccnc2c1[C@H](C)CCC2)C[C@H]1Cc2cc3c(cc2C12CCC(Nc1cccc(Cl)c1)(C(=O)O)CC2)OCC(CN(C)C1CCSCC1)CO3.